The minimum atomic E-state index is 0.460. The van der Waals surface area contributed by atoms with E-state index in [-0.39, 0.29) is 0 Å². The van der Waals surface area contributed by atoms with Crippen LogP contribution in [-0.2, 0) is 12.3 Å². The number of thioether (sulfide) groups is 1. The van der Waals surface area contributed by atoms with Crippen LogP contribution in [0.3, 0.4) is 0 Å². The topological polar surface area (TPSA) is 64.9 Å². The van der Waals surface area contributed by atoms with E-state index >= 15 is 0 Å². The van der Waals surface area contributed by atoms with Gasteiger partial charge in [0.05, 0.1) is 13.7 Å². The van der Waals surface area contributed by atoms with Gasteiger partial charge in [-0.3, -0.25) is 0 Å². The van der Waals surface area contributed by atoms with Crippen molar-refractivity contribution in [3.8, 4) is 5.75 Å². The summed E-state index contributed by atoms with van der Waals surface area (Å²) < 4.78 is 7.67. The second-order valence-electron chi connectivity index (χ2n) is 7.42. The van der Waals surface area contributed by atoms with Gasteiger partial charge in [0.1, 0.15) is 10.9 Å². The molecule has 0 amide bonds. The Kier molecular flexibility index (Phi) is 7.12. The molecule has 0 saturated heterocycles. The summed E-state index contributed by atoms with van der Waals surface area (Å²) >= 11 is 7.61. The molecule has 158 valence electrons. The molecule has 0 aliphatic heterocycles. The van der Waals surface area contributed by atoms with E-state index in [4.69, 9.17) is 16.3 Å². The molecule has 0 radical (unpaired) electrons. The summed E-state index contributed by atoms with van der Waals surface area (Å²) in [5.41, 5.74) is 2.13. The second kappa shape index (κ2) is 10.2. The smallest absolute Gasteiger partial charge is 0.191 e. The molecule has 1 aromatic carbocycles. The molecule has 1 N–H and O–H groups in total. The molecular formula is C22H26ClN5OS. The predicted molar refractivity (Wildman–Crippen MR) is 121 cm³/mol. The molecule has 30 heavy (non-hydrogen) atoms. The lowest BCUT2D eigenvalue weighted by atomic mass is 9.95. The highest BCUT2D eigenvalue weighted by Crippen LogP contribution is 2.34. The number of aromatic nitrogens is 4. The van der Waals surface area contributed by atoms with E-state index < -0.39 is 0 Å². The first-order chi connectivity index (χ1) is 14.7. The molecule has 0 spiro atoms. The third-order valence-electron chi connectivity index (χ3n) is 5.35. The second-order valence-corrected chi connectivity index (χ2v) is 8.75. The van der Waals surface area contributed by atoms with Crippen molar-refractivity contribution in [1.29, 1.82) is 0 Å². The molecule has 0 bridgehead atoms. The van der Waals surface area contributed by atoms with Gasteiger partial charge in [0, 0.05) is 29.7 Å². The van der Waals surface area contributed by atoms with Gasteiger partial charge in [0.2, 0.25) is 0 Å². The summed E-state index contributed by atoms with van der Waals surface area (Å²) in [6.45, 7) is 0.625. The number of hydrogen-bond acceptors (Lipinski definition) is 6. The summed E-state index contributed by atoms with van der Waals surface area (Å²) in [4.78, 5) is 4.18. The van der Waals surface area contributed by atoms with Crippen molar-refractivity contribution >= 4 is 29.1 Å². The number of halogens is 1. The van der Waals surface area contributed by atoms with Crippen molar-refractivity contribution in [3.63, 3.8) is 0 Å². The van der Waals surface area contributed by atoms with Gasteiger partial charge < -0.3 is 14.6 Å². The van der Waals surface area contributed by atoms with Gasteiger partial charge in [-0.15, -0.1) is 10.2 Å². The van der Waals surface area contributed by atoms with Crippen LogP contribution in [0, 0.1) is 0 Å². The Bertz CT molecular complexity index is 956. The molecule has 0 atom stereocenters. The highest BCUT2D eigenvalue weighted by Gasteiger charge is 2.23. The highest BCUT2D eigenvalue weighted by atomic mass is 35.5. The zero-order chi connectivity index (χ0) is 20.8. The third kappa shape index (κ3) is 5.26. The van der Waals surface area contributed by atoms with Crippen molar-refractivity contribution in [1.82, 2.24) is 19.7 Å². The minimum Gasteiger partial charge on any atom is -0.497 e. The Morgan fingerprint density at radius 2 is 2.03 bits per heavy atom. The standard InChI is InChI=1S/C22H26ClN5OS/c1-29-19-9-5-6-17(12-19)24-14-21-26-27-22(28(21)18-7-3-2-4-8-18)30-15-16-10-11-20(23)25-13-16/h5-6,9-13,18,24H,2-4,7-8,14-15H2,1H3. The summed E-state index contributed by atoms with van der Waals surface area (Å²) in [6, 6.07) is 12.2. The molecule has 2 heterocycles. The molecule has 6 nitrogen and oxygen atoms in total. The number of hydrogen-bond donors (Lipinski definition) is 1. The van der Waals surface area contributed by atoms with Crippen molar-refractivity contribution < 1.29 is 4.74 Å². The Labute approximate surface area is 186 Å². The number of ether oxygens (including phenoxy) is 1. The number of anilines is 1. The number of nitrogens with one attached hydrogen (secondary N) is 1. The average molecular weight is 444 g/mol. The predicted octanol–water partition coefficient (Wildman–Crippen LogP) is 5.74. The fraction of sp³-hybridized carbons (Fsp3) is 0.409. The van der Waals surface area contributed by atoms with Crippen LogP contribution in [0.15, 0.2) is 47.8 Å². The van der Waals surface area contributed by atoms with Crippen LogP contribution < -0.4 is 10.1 Å². The van der Waals surface area contributed by atoms with E-state index in [1.807, 2.05) is 42.6 Å². The number of nitrogens with zero attached hydrogens (tertiary/aromatic N) is 4. The molecule has 0 unspecified atom stereocenters. The molecule has 1 aliphatic rings. The van der Waals surface area contributed by atoms with Crippen LogP contribution in [0.25, 0.3) is 0 Å². The van der Waals surface area contributed by atoms with Crippen molar-refractivity contribution in [2.24, 2.45) is 0 Å². The summed E-state index contributed by atoms with van der Waals surface area (Å²) in [5, 5.41) is 14.0. The van der Waals surface area contributed by atoms with Crippen molar-refractivity contribution in [2.45, 2.75) is 55.6 Å². The molecule has 8 heteroatoms. The van der Waals surface area contributed by atoms with Crippen molar-refractivity contribution in [3.05, 3.63) is 59.1 Å². The monoisotopic (exact) mass is 443 g/mol. The van der Waals surface area contributed by atoms with Gasteiger partial charge in [-0.05, 0) is 36.6 Å². The first kappa shape index (κ1) is 21.0. The van der Waals surface area contributed by atoms with E-state index in [9.17, 15) is 0 Å². The average Bonchev–Trinajstić information content (AvgIpc) is 3.21. The lowest BCUT2D eigenvalue weighted by molar-refractivity contribution is 0.330. The molecule has 1 aliphatic carbocycles. The molecule has 3 aromatic rings. The normalized spacial score (nSPS) is 14.6. The van der Waals surface area contributed by atoms with Crippen LogP contribution in [-0.4, -0.2) is 26.9 Å². The maximum absolute atomic E-state index is 5.90. The van der Waals surface area contributed by atoms with Gasteiger partial charge in [-0.1, -0.05) is 54.8 Å². The Balaban J connectivity index is 1.51. The maximum atomic E-state index is 5.90. The Morgan fingerprint density at radius 3 is 2.80 bits per heavy atom. The number of rotatable bonds is 8. The maximum Gasteiger partial charge on any atom is 0.191 e. The van der Waals surface area contributed by atoms with Crippen LogP contribution in [0.1, 0.15) is 49.5 Å². The quantitative estimate of drug-likeness (QED) is 0.353. The SMILES string of the molecule is COc1cccc(NCc2nnc(SCc3ccc(Cl)nc3)n2C2CCCCC2)c1. The first-order valence-electron chi connectivity index (χ1n) is 10.3. The zero-order valence-corrected chi connectivity index (χ0v) is 18.6. The van der Waals surface area contributed by atoms with Gasteiger partial charge in [0.15, 0.2) is 11.0 Å². The molecule has 1 fully saturated rings. The van der Waals surface area contributed by atoms with Crippen LogP contribution in [0.5, 0.6) is 5.75 Å². The van der Waals surface area contributed by atoms with Gasteiger partial charge in [-0.25, -0.2) is 4.98 Å². The van der Waals surface area contributed by atoms with Crippen LogP contribution >= 0.6 is 23.4 Å². The third-order valence-corrected chi connectivity index (χ3v) is 6.59. The summed E-state index contributed by atoms with van der Waals surface area (Å²) in [5.74, 6) is 2.60. The molecule has 1 saturated carbocycles. The van der Waals surface area contributed by atoms with Gasteiger partial charge in [-0.2, -0.15) is 0 Å². The Hall–Kier alpha value is -2.25. The van der Waals surface area contributed by atoms with E-state index in [0.717, 1.165) is 33.7 Å². The Morgan fingerprint density at radius 1 is 1.17 bits per heavy atom. The molecule has 2 aromatic heterocycles. The fourth-order valence-corrected chi connectivity index (χ4v) is 4.86. The molecule has 4 rings (SSSR count). The molecular weight excluding hydrogens is 418 g/mol. The van der Waals surface area contributed by atoms with E-state index in [1.54, 1.807) is 18.9 Å². The first-order valence-corrected chi connectivity index (χ1v) is 11.6. The lowest BCUT2D eigenvalue weighted by Crippen LogP contribution is -2.18. The van der Waals surface area contributed by atoms with Gasteiger partial charge >= 0.3 is 0 Å². The number of pyridine rings is 1. The highest BCUT2D eigenvalue weighted by molar-refractivity contribution is 7.98. The van der Waals surface area contributed by atoms with Gasteiger partial charge in [0.25, 0.3) is 0 Å². The minimum absolute atomic E-state index is 0.460. The number of benzene rings is 1. The van der Waals surface area contributed by atoms with Crippen LogP contribution in [0.4, 0.5) is 5.69 Å². The summed E-state index contributed by atoms with van der Waals surface area (Å²) in [6.07, 6.45) is 8.02. The van der Waals surface area contributed by atoms with Crippen molar-refractivity contribution in [2.75, 3.05) is 12.4 Å². The lowest BCUT2D eigenvalue weighted by Gasteiger charge is -2.25. The number of methoxy groups -OCH3 is 1. The van der Waals surface area contributed by atoms with E-state index in [2.05, 4.69) is 25.1 Å². The van der Waals surface area contributed by atoms with Crippen LogP contribution in [0.2, 0.25) is 5.15 Å². The fourth-order valence-electron chi connectivity index (χ4n) is 3.79. The summed E-state index contributed by atoms with van der Waals surface area (Å²) in [7, 11) is 1.68. The largest absolute Gasteiger partial charge is 0.497 e. The zero-order valence-electron chi connectivity index (χ0n) is 17.1. The van der Waals surface area contributed by atoms with E-state index in [1.165, 1.54) is 32.1 Å². The van der Waals surface area contributed by atoms with E-state index in [0.29, 0.717) is 17.7 Å².